The van der Waals surface area contributed by atoms with E-state index < -0.39 is 31.4 Å². The maximum atomic E-state index is 13.0. The third-order valence-electron chi connectivity index (χ3n) is 5.08. The number of aryl methyl sites for hydroxylation is 1. The Bertz CT molecular complexity index is 1460. The Hall–Kier alpha value is -2.70. The van der Waals surface area contributed by atoms with Crippen LogP contribution in [0.2, 0.25) is 0 Å². The monoisotopic (exact) mass is 495 g/mol. The van der Waals surface area contributed by atoms with E-state index in [2.05, 4.69) is 9.71 Å². The molecule has 0 radical (unpaired) electrons. The second-order valence-electron chi connectivity index (χ2n) is 8.12. The minimum absolute atomic E-state index is 0.0404. The molecule has 0 saturated carbocycles. The molecule has 1 amide bonds. The average molecular weight is 496 g/mol. The van der Waals surface area contributed by atoms with Gasteiger partial charge in [0.1, 0.15) is 5.75 Å². The standard InChI is InChI=1S/C20H21N3O6S3/c1-12-9-13(23-18(24)20(2,3)11-31(23,25)26)5-8-17(12)32(27,28)22-19-21-15-7-6-14(29-4)10-16(15)30-19/h5-10H,11H2,1-4H3,(H,21,22). The van der Waals surface area contributed by atoms with Gasteiger partial charge in [0.25, 0.3) is 10.0 Å². The number of nitrogens with one attached hydrogen (secondary N) is 1. The smallest absolute Gasteiger partial charge is 0.263 e. The maximum absolute atomic E-state index is 13.0. The normalized spacial score (nSPS) is 17.6. The molecule has 1 aliphatic rings. The molecule has 1 saturated heterocycles. The van der Waals surface area contributed by atoms with Crippen molar-refractivity contribution < 1.29 is 26.4 Å². The molecule has 12 heteroatoms. The number of fused-ring (bicyclic) bond motifs is 1. The molecule has 0 aliphatic carbocycles. The van der Waals surface area contributed by atoms with Gasteiger partial charge in [-0.2, -0.15) is 0 Å². The van der Waals surface area contributed by atoms with Gasteiger partial charge in [-0.15, -0.1) is 0 Å². The molecule has 32 heavy (non-hydrogen) atoms. The van der Waals surface area contributed by atoms with Crippen LogP contribution in [0.1, 0.15) is 19.4 Å². The van der Waals surface area contributed by atoms with Gasteiger partial charge in [-0.3, -0.25) is 9.52 Å². The minimum atomic E-state index is -4.00. The van der Waals surface area contributed by atoms with Gasteiger partial charge in [0.15, 0.2) is 5.13 Å². The third kappa shape index (κ3) is 3.82. The van der Waals surface area contributed by atoms with E-state index in [1.54, 1.807) is 46.1 Å². The van der Waals surface area contributed by atoms with Crippen molar-refractivity contribution in [1.82, 2.24) is 4.98 Å². The van der Waals surface area contributed by atoms with Crippen molar-refractivity contribution in [2.75, 3.05) is 21.9 Å². The van der Waals surface area contributed by atoms with E-state index in [1.807, 2.05) is 0 Å². The summed E-state index contributed by atoms with van der Waals surface area (Å²) in [6.45, 7) is 4.67. The van der Waals surface area contributed by atoms with Gasteiger partial charge in [-0.05, 0) is 62.7 Å². The molecular weight excluding hydrogens is 474 g/mol. The van der Waals surface area contributed by atoms with Gasteiger partial charge in [0.05, 0.1) is 39.1 Å². The zero-order valence-electron chi connectivity index (χ0n) is 17.7. The van der Waals surface area contributed by atoms with Crippen molar-refractivity contribution >= 4 is 58.3 Å². The molecule has 2 heterocycles. The summed E-state index contributed by atoms with van der Waals surface area (Å²) in [5.41, 5.74) is -0.00953. The summed E-state index contributed by atoms with van der Waals surface area (Å²) < 4.78 is 60.1. The lowest BCUT2D eigenvalue weighted by Gasteiger charge is -2.19. The number of amides is 1. The Morgan fingerprint density at radius 2 is 1.91 bits per heavy atom. The van der Waals surface area contributed by atoms with Gasteiger partial charge < -0.3 is 4.74 Å². The van der Waals surface area contributed by atoms with Gasteiger partial charge >= 0.3 is 0 Å². The summed E-state index contributed by atoms with van der Waals surface area (Å²) in [6.07, 6.45) is 0. The number of nitrogens with zero attached hydrogens (tertiary/aromatic N) is 2. The summed E-state index contributed by atoms with van der Waals surface area (Å²) in [5, 5.41) is 0.191. The second kappa shape index (κ2) is 7.42. The van der Waals surface area contributed by atoms with E-state index >= 15 is 0 Å². The Balaban J connectivity index is 1.66. The molecule has 0 bridgehead atoms. The van der Waals surface area contributed by atoms with Crippen LogP contribution < -0.4 is 13.8 Å². The number of methoxy groups -OCH3 is 1. The van der Waals surface area contributed by atoms with Crippen LogP contribution in [0, 0.1) is 12.3 Å². The van der Waals surface area contributed by atoms with Crippen LogP contribution in [0.25, 0.3) is 10.2 Å². The molecule has 1 N–H and O–H groups in total. The van der Waals surface area contributed by atoms with Crippen molar-refractivity contribution in [3.05, 3.63) is 42.0 Å². The first kappa shape index (κ1) is 22.5. The lowest BCUT2D eigenvalue weighted by Crippen LogP contribution is -2.33. The summed E-state index contributed by atoms with van der Waals surface area (Å²) >= 11 is 1.16. The molecule has 0 unspecified atom stereocenters. The molecule has 2 aromatic carbocycles. The van der Waals surface area contributed by atoms with Crippen molar-refractivity contribution in [2.24, 2.45) is 5.41 Å². The fourth-order valence-electron chi connectivity index (χ4n) is 3.57. The molecule has 170 valence electrons. The first-order chi connectivity index (χ1) is 14.8. The number of thiazole rings is 1. The molecule has 1 fully saturated rings. The van der Waals surface area contributed by atoms with Crippen LogP contribution in [-0.4, -0.2) is 40.6 Å². The van der Waals surface area contributed by atoms with E-state index in [-0.39, 0.29) is 21.5 Å². The zero-order chi connectivity index (χ0) is 23.5. The second-order valence-corrected chi connectivity index (χ2v) is 12.6. The summed E-state index contributed by atoms with van der Waals surface area (Å²) in [7, 11) is -6.29. The number of hydrogen-bond donors (Lipinski definition) is 1. The SMILES string of the molecule is COc1ccc2nc(NS(=O)(=O)c3ccc(N4C(=O)C(C)(C)CS4(=O)=O)cc3C)sc2c1. The number of benzene rings is 2. The maximum Gasteiger partial charge on any atom is 0.263 e. The van der Waals surface area contributed by atoms with Crippen molar-refractivity contribution in [2.45, 2.75) is 25.7 Å². The van der Waals surface area contributed by atoms with Gasteiger partial charge in [-0.1, -0.05) is 11.3 Å². The van der Waals surface area contributed by atoms with Crippen LogP contribution in [0.4, 0.5) is 10.8 Å². The number of hydrogen-bond acceptors (Lipinski definition) is 8. The quantitative estimate of drug-likeness (QED) is 0.577. The fourth-order valence-corrected chi connectivity index (χ4v) is 8.02. The molecule has 1 aromatic heterocycles. The first-order valence-corrected chi connectivity index (χ1v) is 13.4. The van der Waals surface area contributed by atoms with Crippen LogP contribution >= 0.6 is 11.3 Å². The number of carbonyl (C=O) groups is 1. The highest BCUT2D eigenvalue weighted by Crippen LogP contribution is 2.37. The van der Waals surface area contributed by atoms with Crippen molar-refractivity contribution in [1.29, 1.82) is 0 Å². The average Bonchev–Trinajstić information content (AvgIpc) is 3.13. The Kier molecular flexibility index (Phi) is 5.22. The predicted octanol–water partition coefficient (Wildman–Crippen LogP) is 3.12. The molecule has 4 rings (SSSR count). The topological polar surface area (TPSA) is 123 Å². The Labute approximate surface area is 190 Å². The van der Waals surface area contributed by atoms with E-state index in [9.17, 15) is 21.6 Å². The highest BCUT2D eigenvalue weighted by molar-refractivity contribution is 7.94. The summed E-state index contributed by atoms with van der Waals surface area (Å²) in [4.78, 5) is 16.9. The third-order valence-corrected chi connectivity index (χ3v) is 9.67. The van der Waals surface area contributed by atoms with Crippen molar-refractivity contribution in [3.8, 4) is 5.75 Å². The highest BCUT2D eigenvalue weighted by Gasteiger charge is 2.50. The fraction of sp³-hybridized carbons (Fsp3) is 0.300. The number of carbonyl (C=O) groups excluding carboxylic acids is 1. The molecular formula is C20H21N3O6S3. The highest BCUT2D eigenvalue weighted by atomic mass is 32.2. The molecule has 0 spiro atoms. The predicted molar refractivity (Wildman–Crippen MR) is 123 cm³/mol. The molecule has 3 aromatic rings. The Morgan fingerprint density at radius 1 is 1.19 bits per heavy atom. The number of rotatable bonds is 5. The van der Waals surface area contributed by atoms with Gasteiger partial charge in [0, 0.05) is 0 Å². The molecule has 0 atom stereocenters. The molecule has 9 nitrogen and oxygen atoms in total. The molecule has 1 aliphatic heterocycles. The summed E-state index contributed by atoms with van der Waals surface area (Å²) in [6, 6.07) is 9.23. The zero-order valence-corrected chi connectivity index (χ0v) is 20.2. The van der Waals surface area contributed by atoms with Gasteiger partial charge in [-0.25, -0.2) is 26.1 Å². The van der Waals surface area contributed by atoms with Crippen LogP contribution in [0.3, 0.4) is 0 Å². The van der Waals surface area contributed by atoms with Crippen molar-refractivity contribution in [3.63, 3.8) is 0 Å². The van der Waals surface area contributed by atoms with Crippen LogP contribution in [0.15, 0.2) is 41.3 Å². The van der Waals surface area contributed by atoms with E-state index in [4.69, 9.17) is 4.74 Å². The minimum Gasteiger partial charge on any atom is -0.497 e. The van der Waals surface area contributed by atoms with E-state index in [0.717, 1.165) is 20.3 Å². The lowest BCUT2D eigenvalue weighted by atomic mass is 9.95. The lowest BCUT2D eigenvalue weighted by molar-refractivity contribution is -0.123. The van der Waals surface area contributed by atoms with Crippen LogP contribution in [0.5, 0.6) is 5.75 Å². The number of aromatic nitrogens is 1. The number of ether oxygens (including phenoxy) is 1. The van der Waals surface area contributed by atoms with E-state index in [0.29, 0.717) is 16.8 Å². The Morgan fingerprint density at radius 3 is 2.50 bits per heavy atom. The van der Waals surface area contributed by atoms with Crippen LogP contribution in [-0.2, 0) is 24.8 Å². The number of sulfonamides is 2. The largest absolute Gasteiger partial charge is 0.497 e. The van der Waals surface area contributed by atoms with Gasteiger partial charge in [0.2, 0.25) is 15.9 Å². The first-order valence-electron chi connectivity index (χ1n) is 9.49. The van der Waals surface area contributed by atoms with E-state index in [1.165, 1.54) is 18.2 Å². The summed E-state index contributed by atoms with van der Waals surface area (Å²) in [5.74, 6) is -0.214. The number of anilines is 2.